The van der Waals surface area contributed by atoms with E-state index in [1.54, 1.807) is 0 Å². The number of allylic oxidation sites excluding steroid dienone is 4. The van der Waals surface area contributed by atoms with Crippen molar-refractivity contribution in [2.75, 3.05) is 19.8 Å². The van der Waals surface area contributed by atoms with Crippen molar-refractivity contribution >= 4 is 13.7 Å². The Kier molecular flexibility index (Phi) is 45.7. The quantitative estimate of drug-likeness (QED) is 0.0272. The van der Waals surface area contributed by atoms with Crippen molar-refractivity contribution in [1.29, 1.82) is 0 Å². The number of hydrogen-bond acceptors (Lipinski definition) is 6. The monoisotopic (exact) mass is 855 g/mol. The number of amides is 1. The fraction of sp³-hybridized carbons (Fsp3) is 0.900. The van der Waals surface area contributed by atoms with E-state index in [4.69, 9.17) is 14.8 Å². The summed E-state index contributed by atoms with van der Waals surface area (Å²) in [5.41, 5.74) is 5.40. The average molecular weight is 855 g/mol. The van der Waals surface area contributed by atoms with Crippen LogP contribution in [0.25, 0.3) is 0 Å². The van der Waals surface area contributed by atoms with Crippen LogP contribution < -0.4 is 11.1 Å². The van der Waals surface area contributed by atoms with E-state index < -0.39 is 20.0 Å². The van der Waals surface area contributed by atoms with Crippen molar-refractivity contribution in [2.24, 2.45) is 5.73 Å². The molecule has 0 rings (SSSR count). The lowest BCUT2D eigenvalue weighted by atomic mass is 10.0. The van der Waals surface area contributed by atoms with Gasteiger partial charge in [0.1, 0.15) is 0 Å². The molecule has 0 radical (unpaired) electrons. The van der Waals surface area contributed by atoms with E-state index in [1.807, 2.05) is 0 Å². The van der Waals surface area contributed by atoms with Gasteiger partial charge in [-0.25, -0.2) is 4.57 Å². The van der Waals surface area contributed by atoms with Gasteiger partial charge in [0, 0.05) is 13.0 Å². The van der Waals surface area contributed by atoms with Gasteiger partial charge in [0.2, 0.25) is 5.91 Å². The summed E-state index contributed by atoms with van der Waals surface area (Å²) < 4.78 is 22.3. The van der Waals surface area contributed by atoms with Gasteiger partial charge in [-0.15, -0.1) is 0 Å². The zero-order valence-corrected chi connectivity index (χ0v) is 39.9. The van der Waals surface area contributed by atoms with E-state index in [-0.39, 0.29) is 25.7 Å². The molecule has 0 aliphatic heterocycles. The maximum atomic E-state index is 12.8. The van der Waals surface area contributed by atoms with Crippen LogP contribution in [-0.2, 0) is 18.4 Å². The predicted molar refractivity (Wildman–Crippen MR) is 254 cm³/mol. The molecule has 3 atom stereocenters. The standard InChI is InChI=1S/C50H99N2O6P/c1-3-5-7-9-11-13-15-17-19-21-23-24-26-27-29-31-33-35-37-39-41-43-49(53)48(47-58-59(55,56)57-46-45-51)52-50(54)44-42-40-38-36-34-32-30-28-25-22-20-18-16-14-12-10-8-6-4-2/h12,14,18,20,48-49,53H,3-11,13,15-17,19,21-47,51H2,1-2H3,(H,52,54)(H,55,56)/b14-12-,20-18-. The zero-order chi connectivity index (χ0) is 43.2. The second kappa shape index (κ2) is 46.5. The summed E-state index contributed by atoms with van der Waals surface area (Å²) in [6.45, 7) is 4.21. The van der Waals surface area contributed by atoms with Gasteiger partial charge in [0.25, 0.3) is 0 Å². The lowest BCUT2D eigenvalue weighted by molar-refractivity contribution is -0.123. The van der Waals surface area contributed by atoms with Gasteiger partial charge in [-0.1, -0.05) is 231 Å². The number of phosphoric acid groups is 1. The molecular weight excluding hydrogens is 756 g/mol. The summed E-state index contributed by atoms with van der Waals surface area (Å²) in [7, 11) is -4.32. The molecule has 0 aliphatic rings. The first-order chi connectivity index (χ1) is 28.9. The molecule has 0 aromatic rings. The largest absolute Gasteiger partial charge is 0.472 e. The van der Waals surface area contributed by atoms with Crippen LogP contribution in [0.5, 0.6) is 0 Å². The molecule has 0 bridgehead atoms. The fourth-order valence-electron chi connectivity index (χ4n) is 7.70. The lowest BCUT2D eigenvalue weighted by Crippen LogP contribution is -2.46. The van der Waals surface area contributed by atoms with Gasteiger partial charge >= 0.3 is 7.82 Å². The molecule has 0 aromatic heterocycles. The van der Waals surface area contributed by atoms with Gasteiger partial charge in [-0.05, 0) is 44.9 Å². The first-order valence-corrected chi connectivity index (χ1v) is 26.9. The number of aliphatic hydroxyl groups excluding tert-OH is 1. The SMILES string of the molecule is CCCCC/C=C\C/C=C\CCCCCCCCCCCC(=O)NC(COP(=O)(O)OCCN)C(O)CCCCCCCCCCCCCCCCCCCCCCC. The number of rotatable bonds is 48. The van der Waals surface area contributed by atoms with E-state index in [1.165, 1.54) is 186 Å². The van der Waals surface area contributed by atoms with E-state index in [2.05, 4.69) is 43.5 Å². The molecule has 0 saturated carbocycles. The Balaban J connectivity index is 4.05. The number of hydrogen-bond donors (Lipinski definition) is 4. The van der Waals surface area contributed by atoms with Crippen LogP contribution in [0.3, 0.4) is 0 Å². The maximum absolute atomic E-state index is 12.8. The Morgan fingerprint density at radius 2 is 0.932 bits per heavy atom. The Bertz CT molecular complexity index is 979. The topological polar surface area (TPSA) is 131 Å². The van der Waals surface area contributed by atoms with E-state index in [0.29, 0.717) is 12.8 Å². The number of nitrogens with one attached hydrogen (secondary N) is 1. The minimum Gasteiger partial charge on any atom is -0.391 e. The minimum atomic E-state index is -4.32. The first-order valence-electron chi connectivity index (χ1n) is 25.5. The summed E-state index contributed by atoms with van der Waals surface area (Å²) in [4.78, 5) is 22.8. The van der Waals surface area contributed by atoms with Gasteiger partial charge < -0.3 is 21.1 Å². The van der Waals surface area contributed by atoms with E-state index >= 15 is 0 Å². The maximum Gasteiger partial charge on any atom is 0.472 e. The van der Waals surface area contributed by atoms with Crippen molar-refractivity contribution in [3.63, 3.8) is 0 Å². The van der Waals surface area contributed by atoms with Crippen LogP contribution in [0, 0.1) is 0 Å². The van der Waals surface area contributed by atoms with Crippen LogP contribution in [0.4, 0.5) is 0 Å². The lowest BCUT2D eigenvalue weighted by Gasteiger charge is -2.25. The number of phosphoric ester groups is 1. The molecule has 1 amide bonds. The van der Waals surface area contributed by atoms with Crippen molar-refractivity contribution in [1.82, 2.24) is 5.32 Å². The number of unbranched alkanes of at least 4 members (excludes halogenated alkanes) is 32. The fourth-order valence-corrected chi connectivity index (χ4v) is 8.46. The molecular formula is C50H99N2O6P. The molecule has 59 heavy (non-hydrogen) atoms. The van der Waals surface area contributed by atoms with Gasteiger partial charge in [0.05, 0.1) is 25.4 Å². The second-order valence-electron chi connectivity index (χ2n) is 17.4. The minimum absolute atomic E-state index is 0.0890. The number of nitrogens with two attached hydrogens (primary N) is 1. The average Bonchev–Trinajstić information content (AvgIpc) is 3.22. The number of aliphatic hydroxyl groups is 1. The molecule has 5 N–H and O–H groups in total. The van der Waals surface area contributed by atoms with Crippen molar-refractivity contribution in [2.45, 2.75) is 270 Å². The molecule has 0 aliphatic carbocycles. The number of carbonyl (C=O) groups is 1. The van der Waals surface area contributed by atoms with Crippen LogP contribution in [0.2, 0.25) is 0 Å². The molecule has 9 heteroatoms. The third-order valence-corrected chi connectivity index (χ3v) is 12.5. The Hall–Kier alpha value is -1.02. The summed E-state index contributed by atoms with van der Waals surface area (Å²) in [6, 6.07) is -0.776. The number of carbonyl (C=O) groups excluding carboxylic acids is 1. The molecule has 0 heterocycles. The van der Waals surface area contributed by atoms with Gasteiger partial charge in [0.15, 0.2) is 0 Å². The Morgan fingerprint density at radius 1 is 0.559 bits per heavy atom. The van der Waals surface area contributed by atoms with Crippen LogP contribution >= 0.6 is 7.82 Å². The van der Waals surface area contributed by atoms with Gasteiger partial charge in [-0.3, -0.25) is 13.8 Å². The molecule has 0 aromatic carbocycles. The van der Waals surface area contributed by atoms with Crippen molar-refractivity contribution in [3.8, 4) is 0 Å². The molecule has 0 spiro atoms. The van der Waals surface area contributed by atoms with E-state index in [9.17, 15) is 19.4 Å². The Morgan fingerprint density at radius 3 is 1.37 bits per heavy atom. The van der Waals surface area contributed by atoms with Crippen molar-refractivity contribution < 1.29 is 28.4 Å². The smallest absolute Gasteiger partial charge is 0.391 e. The summed E-state index contributed by atoms with van der Waals surface area (Å²) in [5.74, 6) is -0.163. The highest BCUT2D eigenvalue weighted by Gasteiger charge is 2.27. The van der Waals surface area contributed by atoms with Crippen LogP contribution in [0.15, 0.2) is 24.3 Å². The highest BCUT2D eigenvalue weighted by molar-refractivity contribution is 7.47. The predicted octanol–water partition coefficient (Wildman–Crippen LogP) is 14.9. The second-order valence-corrected chi connectivity index (χ2v) is 18.8. The molecule has 8 nitrogen and oxygen atoms in total. The zero-order valence-electron chi connectivity index (χ0n) is 39.0. The van der Waals surface area contributed by atoms with Crippen LogP contribution in [-0.4, -0.2) is 47.8 Å². The summed E-state index contributed by atoms with van der Waals surface area (Å²) in [5, 5.41) is 13.9. The molecule has 3 unspecified atom stereocenters. The summed E-state index contributed by atoms with van der Waals surface area (Å²) in [6.07, 6.45) is 54.8. The molecule has 350 valence electrons. The molecule has 0 saturated heterocycles. The Labute approximate surface area is 366 Å². The third kappa shape index (κ3) is 44.8. The third-order valence-electron chi connectivity index (χ3n) is 11.6. The van der Waals surface area contributed by atoms with Crippen LogP contribution in [0.1, 0.15) is 258 Å². The highest BCUT2D eigenvalue weighted by atomic mass is 31.2. The first kappa shape index (κ1) is 58.0. The van der Waals surface area contributed by atoms with Gasteiger partial charge in [-0.2, -0.15) is 0 Å². The molecule has 0 fully saturated rings. The normalized spacial score (nSPS) is 14.1. The van der Waals surface area contributed by atoms with E-state index in [0.717, 1.165) is 44.9 Å². The summed E-state index contributed by atoms with van der Waals surface area (Å²) >= 11 is 0. The highest BCUT2D eigenvalue weighted by Crippen LogP contribution is 2.43. The van der Waals surface area contributed by atoms with Crippen molar-refractivity contribution in [3.05, 3.63) is 24.3 Å².